The molecular formula is C16H27N7O. The molecule has 24 heavy (non-hydrogen) atoms. The first-order valence-corrected chi connectivity index (χ1v) is 8.15. The van der Waals surface area contributed by atoms with Crippen molar-refractivity contribution in [3.63, 3.8) is 0 Å². The van der Waals surface area contributed by atoms with Crippen LogP contribution < -0.4 is 27.7 Å². The third-order valence-corrected chi connectivity index (χ3v) is 3.56. The molecule has 0 atom stereocenters. The van der Waals surface area contributed by atoms with Crippen molar-refractivity contribution in [2.45, 2.75) is 20.4 Å². The smallest absolute Gasteiger partial charge is 0.0857 e. The van der Waals surface area contributed by atoms with Gasteiger partial charge in [0.1, 0.15) is 0 Å². The molecule has 0 bridgehead atoms. The Balaban J connectivity index is 0.00000100. The molecule has 2 heterocycles. The lowest BCUT2D eigenvalue weighted by molar-refractivity contribution is 0.238. The SMILES string of the molecule is CC.NCC1=C(CN2C=C(CO)NN2)NNN1Cc1ccccc1. The molecule has 7 N–H and O–H groups in total. The Morgan fingerprint density at radius 3 is 2.42 bits per heavy atom. The van der Waals surface area contributed by atoms with Crippen molar-refractivity contribution in [1.82, 2.24) is 31.9 Å². The Hall–Kier alpha value is -2.26. The Morgan fingerprint density at radius 2 is 1.79 bits per heavy atom. The summed E-state index contributed by atoms with van der Waals surface area (Å²) in [6.07, 6.45) is 1.82. The average molecular weight is 333 g/mol. The zero-order chi connectivity index (χ0) is 17.4. The zero-order valence-corrected chi connectivity index (χ0v) is 14.2. The predicted octanol–water partition coefficient (Wildman–Crippen LogP) is -0.134. The molecule has 0 saturated heterocycles. The van der Waals surface area contributed by atoms with E-state index in [-0.39, 0.29) is 6.61 Å². The van der Waals surface area contributed by atoms with E-state index < -0.39 is 0 Å². The van der Waals surface area contributed by atoms with Crippen LogP contribution in [-0.4, -0.2) is 34.8 Å². The minimum atomic E-state index is -0.0297. The van der Waals surface area contributed by atoms with Crippen molar-refractivity contribution in [2.75, 3.05) is 19.7 Å². The number of rotatable bonds is 6. The maximum Gasteiger partial charge on any atom is 0.0857 e. The summed E-state index contributed by atoms with van der Waals surface area (Å²) in [6.45, 7) is 5.73. The van der Waals surface area contributed by atoms with Crippen LogP contribution in [0.15, 0.2) is 53.6 Å². The molecule has 8 heteroatoms. The highest BCUT2D eigenvalue weighted by molar-refractivity contribution is 5.21. The first kappa shape index (κ1) is 18.1. The number of aliphatic hydroxyl groups excluding tert-OH is 1. The normalized spacial score (nSPS) is 16.4. The molecule has 0 aromatic heterocycles. The van der Waals surface area contributed by atoms with Crippen LogP contribution in [-0.2, 0) is 6.54 Å². The predicted molar refractivity (Wildman–Crippen MR) is 93.8 cm³/mol. The van der Waals surface area contributed by atoms with Gasteiger partial charge in [0.05, 0.1) is 36.8 Å². The Bertz CT molecular complexity index is 573. The van der Waals surface area contributed by atoms with Gasteiger partial charge in [0.25, 0.3) is 0 Å². The summed E-state index contributed by atoms with van der Waals surface area (Å²) in [5, 5.41) is 12.9. The Morgan fingerprint density at radius 1 is 1.04 bits per heavy atom. The molecule has 2 aliphatic heterocycles. The van der Waals surface area contributed by atoms with Crippen LogP contribution in [0.2, 0.25) is 0 Å². The molecule has 0 radical (unpaired) electrons. The van der Waals surface area contributed by atoms with Crippen LogP contribution in [0.4, 0.5) is 0 Å². The van der Waals surface area contributed by atoms with E-state index in [0.717, 1.165) is 23.6 Å². The maximum absolute atomic E-state index is 9.08. The van der Waals surface area contributed by atoms with Gasteiger partial charge >= 0.3 is 0 Å². The Labute approximate surface area is 142 Å². The second-order valence-electron chi connectivity index (χ2n) is 5.12. The summed E-state index contributed by atoms with van der Waals surface area (Å²) >= 11 is 0. The van der Waals surface area contributed by atoms with Gasteiger partial charge < -0.3 is 21.7 Å². The van der Waals surface area contributed by atoms with E-state index in [4.69, 9.17) is 10.8 Å². The molecule has 0 spiro atoms. The highest BCUT2D eigenvalue weighted by Gasteiger charge is 2.23. The fraction of sp³-hybridized carbons (Fsp3) is 0.375. The van der Waals surface area contributed by atoms with Crippen LogP contribution in [0.5, 0.6) is 0 Å². The quantitative estimate of drug-likeness (QED) is 0.428. The molecule has 132 valence electrons. The number of nitrogens with zero attached hydrogens (tertiary/aromatic N) is 2. The first-order chi connectivity index (χ1) is 11.8. The molecule has 0 aliphatic carbocycles. The third-order valence-electron chi connectivity index (χ3n) is 3.56. The molecule has 3 rings (SSSR count). The molecule has 1 aromatic carbocycles. The average Bonchev–Trinajstić information content (AvgIpc) is 3.24. The lowest BCUT2D eigenvalue weighted by atomic mass is 10.2. The van der Waals surface area contributed by atoms with Gasteiger partial charge in [-0.25, -0.2) is 0 Å². The van der Waals surface area contributed by atoms with E-state index in [9.17, 15) is 0 Å². The van der Waals surface area contributed by atoms with Gasteiger partial charge in [-0.3, -0.25) is 10.0 Å². The number of hydrogen-bond donors (Lipinski definition) is 6. The zero-order valence-electron chi connectivity index (χ0n) is 14.2. The van der Waals surface area contributed by atoms with Gasteiger partial charge in [-0.15, -0.1) is 11.1 Å². The monoisotopic (exact) mass is 333 g/mol. The molecule has 8 nitrogen and oxygen atoms in total. The molecule has 0 saturated carbocycles. The standard InChI is InChI=1S/C14H21N7O.C2H6/c15-6-14-13(9-20-8-12(10-22)16-18-20)17-19-21(14)7-11-4-2-1-3-5-11;1-2/h1-5,8,16-19,22H,6-7,9-10,15H2;1-2H3. The van der Waals surface area contributed by atoms with Gasteiger partial charge in [-0.1, -0.05) is 44.2 Å². The van der Waals surface area contributed by atoms with Crippen LogP contribution >= 0.6 is 0 Å². The Kier molecular flexibility index (Phi) is 6.89. The van der Waals surface area contributed by atoms with Crippen molar-refractivity contribution in [3.8, 4) is 0 Å². The van der Waals surface area contributed by atoms with E-state index in [1.165, 1.54) is 5.56 Å². The third kappa shape index (κ3) is 4.39. The van der Waals surface area contributed by atoms with E-state index in [2.05, 4.69) is 34.1 Å². The second kappa shape index (κ2) is 9.14. The van der Waals surface area contributed by atoms with Gasteiger partial charge in [0, 0.05) is 12.7 Å². The molecular weight excluding hydrogens is 306 g/mol. The highest BCUT2D eigenvalue weighted by atomic mass is 16.3. The minimum absolute atomic E-state index is 0.0297. The summed E-state index contributed by atoms with van der Waals surface area (Å²) in [6, 6.07) is 10.2. The van der Waals surface area contributed by atoms with Crippen LogP contribution in [0.3, 0.4) is 0 Å². The fourth-order valence-electron chi connectivity index (χ4n) is 2.43. The lowest BCUT2D eigenvalue weighted by Gasteiger charge is -2.20. The molecule has 1 aromatic rings. The van der Waals surface area contributed by atoms with Crippen molar-refractivity contribution in [2.24, 2.45) is 5.73 Å². The number of aliphatic hydroxyl groups is 1. The van der Waals surface area contributed by atoms with Gasteiger partial charge in [0.2, 0.25) is 0 Å². The van der Waals surface area contributed by atoms with Gasteiger partial charge in [0.15, 0.2) is 0 Å². The summed E-state index contributed by atoms with van der Waals surface area (Å²) in [4.78, 5) is 0. The number of nitrogens with one attached hydrogen (secondary N) is 4. The molecule has 0 fully saturated rings. The van der Waals surface area contributed by atoms with E-state index in [0.29, 0.717) is 13.1 Å². The number of hydrogen-bond acceptors (Lipinski definition) is 8. The summed E-state index contributed by atoms with van der Waals surface area (Å²) in [5.74, 6) is 0. The fourth-order valence-corrected chi connectivity index (χ4v) is 2.43. The number of hydrazine groups is 4. The summed E-state index contributed by atoms with van der Waals surface area (Å²) < 4.78 is 0. The number of benzene rings is 1. The van der Waals surface area contributed by atoms with Crippen LogP contribution in [0.25, 0.3) is 0 Å². The van der Waals surface area contributed by atoms with Crippen molar-refractivity contribution in [3.05, 3.63) is 59.2 Å². The van der Waals surface area contributed by atoms with Crippen molar-refractivity contribution < 1.29 is 5.11 Å². The number of nitrogens with two attached hydrogens (primary N) is 1. The van der Waals surface area contributed by atoms with E-state index >= 15 is 0 Å². The lowest BCUT2D eigenvalue weighted by Crippen LogP contribution is -2.41. The molecule has 0 amide bonds. The topological polar surface area (TPSA) is 101 Å². The molecule has 2 aliphatic rings. The maximum atomic E-state index is 9.08. The van der Waals surface area contributed by atoms with Crippen LogP contribution in [0, 0.1) is 0 Å². The van der Waals surface area contributed by atoms with Gasteiger partial charge in [-0.05, 0) is 5.56 Å². The van der Waals surface area contributed by atoms with Crippen LogP contribution in [0.1, 0.15) is 19.4 Å². The minimum Gasteiger partial charge on any atom is -0.390 e. The summed E-state index contributed by atoms with van der Waals surface area (Å²) in [5.41, 5.74) is 22.0. The molecule has 0 unspecified atom stereocenters. The van der Waals surface area contributed by atoms with E-state index in [1.807, 2.05) is 48.3 Å². The first-order valence-electron chi connectivity index (χ1n) is 8.15. The second-order valence-corrected chi connectivity index (χ2v) is 5.12. The van der Waals surface area contributed by atoms with Crippen molar-refractivity contribution in [1.29, 1.82) is 0 Å². The van der Waals surface area contributed by atoms with Gasteiger partial charge in [-0.2, -0.15) is 0 Å². The largest absolute Gasteiger partial charge is 0.390 e. The highest BCUT2D eigenvalue weighted by Crippen LogP contribution is 2.16. The summed E-state index contributed by atoms with van der Waals surface area (Å²) in [7, 11) is 0. The van der Waals surface area contributed by atoms with Crippen molar-refractivity contribution >= 4 is 0 Å². The van der Waals surface area contributed by atoms with E-state index in [1.54, 1.807) is 0 Å².